The number of hydrogen-bond donors (Lipinski definition) is 2. The van der Waals surface area contributed by atoms with Gasteiger partial charge in [0, 0.05) is 10.9 Å². The van der Waals surface area contributed by atoms with Crippen LogP contribution >= 0.6 is 11.3 Å². The van der Waals surface area contributed by atoms with E-state index in [2.05, 4.69) is 15.4 Å². The van der Waals surface area contributed by atoms with Gasteiger partial charge in [-0.1, -0.05) is 6.07 Å². The van der Waals surface area contributed by atoms with E-state index in [1.807, 2.05) is 0 Å². The average molecular weight is 382 g/mol. The van der Waals surface area contributed by atoms with Crippen molar-refractivity contribution in [1.82, 2.24) is 10.6 Å². The predicted molar refractivity (Wildman–Crippen MR) is 90.5 cm³/mol. The molecular formula is C17H16F2N2O4S. The Hall–Kier alpha value is -2.81. The van der Waals surface area contributed by atoms with Crippen molar-refractivity contribution < 1.29 is 27.9 Å². The highest BCUT2D eigenvalue weighted by atomic mass is 32.1. The average Bonchev–Trinajstić information content (AvgIpc) is 3.13. The third kappa shape index (κ3) is 5.35. The van der Waals surface area contributed by atoms with E-state index in [0.29, 0.717) is 6.07 Å². The van der Waals surface area contributed by atoms with Crippen molar-refractivity contribution in [3.63, 3.8) is 0 Å². The van der Waals surface area contributed by atoms with Gasteiger partial charge in [-0.05, 0) is 23.6 Å². The Balaban J connectivity index is 1.95. The van der Waals surface area contributed by atoms with Crippen LogP contribution in [0, 0.1) is 11.6 Å². The molecule has 138 valence electrons. The fraction of sp³-hybridized carbons (Fsp3) is 0.235. The molecule has 0 aliphatic heterocycles. The lowest BCUT2D eigenvalue weighted by atomic mass is 10.1. The molecule has 1 aromatic carbocycles. The lowest BCUT2D eigenvalue weighted by Gasteiger charge is -2.16. The summed E-state index contributed by atoms with van der Waals surface area (Å²) in [5, 5.41) is 6.66. The molecule has 26 heavy (non-hydrogen) atoms. The van der Waals surface area contributed by atoms with Gasteiger partial charge in [0.05, 0.1) is 31.7 Å². The third-order valence-electron chi connectivity index (χ3n) is 3.41. The van der Waals surface area contributed by atoms with Gasteiger partial charge in [-0.2, -0.15) is 0 Å². The number of rotatable bonds is 7. The number of benzene rings is 1. The van der Waals surface area contributed by atoms with E-state index in [4.69, 9.17) is 0 Å². The largest absolute Gasteiger partial charge is 0.469 e. The molecule has 9 heteroatoms. The van der Waals surface area contributed by atoms with Crippen LogP contribution in [0.4, 0.5) is 8.78 Å². The van der Waals surface area contributed by atoms with Crippen molar-refractivity contribution in [2.45, 2.75) is 12.5 Å². The van der Waals surface area contributed by atoms with Crippen LogP contribution in [-0.2, 0) is 14.3 Å². The van der Waals surface area contributed by atoms with Gasteiger partial charge >= 0.3 is 5.97 Å². The van der Waals surface area contributed by atoms with E-state index in [1.165, 1.54) is 18.4 Å². The number of halogens is 2. The Morgan fingerprint density at radius 3 is 2.62 bits per heavy atom. The van der Waals surface area contributed by atoms with Crippen LogP contribution in [0.5, 0.6) is 0 Å². The van der Waals surface area contributed by atoms with Gasteiger partial charge in [0.15, 0.2) is 0 Å². The van der Waals surface area contributed by atoms with E-state index >= 15 is 0 Å². The first-order valence-corrected chi connectivity index (χ1v) is 8.41. The fourth-order valence-corrected chi connectivity index (χ4v) is 2.91. The highest BCUT2D eigenvalue weighted by Crippen LogP contribution is 2.22. The number of hydrogen-bond acceptors (Lipinski definition) is 5. The summed E-state index contributed by atoms with van der Waals surface area (Å²) >= 11 is 1.36. The van der Waals surface area contributed by atoms with E-state index in [9.17, 15) is 23.2 Å². The van der Waals surface area contributed by atoms with Crippen LogP contribution in [0.2, 0.25) is 0 Å². The quantitative estimate of drug-likeness (QED) is 0.719. The third-order valence-corrected chi connectivity index (χ3v) is 4.39. The molecule has 0 aliphatic rings. The van der Waals surface area contributed by atoms with Crippen molar-refractivity contribution in [2.24, 2.45) is 0 Å². The standard InChI is InChI=1S/C17H16F2N2O4S/c1-25-16(23)8-13(14-3-2-6-26-14)21-15(22)9-20-17(24)11-5-4-10(18)7-12(11)19/h2-7,13H,8-9H2,1H3,(H,20,24)(H,21,22). The van der Waals surface area contributed by atoms with Gasteiger partial charge < -0.3 is 15.4 Å². The predicted octanol–water partition coefficient (Wildman–Crippen LogP) is 2.18. The number of carbonyl (C=O) groups excluding carboxylic acids is 3. The molecule has 0 aliphatic carbocycles. The van der Waals surface area contributed by atoms with Gasteiger partial charge in [0.1, 0.15) is 11.6 Å². The second-order valence-corrected chi connectivity index (χ2v) is 6.20. The first-order valence-electron chi connectivity index (χ1n) is 7.53. The Morgan fingerprint density at radius 2 is 2.00 bits per heavy atom. The summed E-state index contributed by atoms with van der Waals surface area (Å²) in [5.41, 5.74) is -0.372. The highest BCUT2D eigenvalue weighted by Gasteiger charge is 2.20. The van der Waals surface area contributed by atoms with Crippen LogP contribution in [-0.4, -0.2) is 31.4 Å². The highest BCUT2D eigenvalue weighted by molar-refractivity contribution is 7.10. The van der Waals surface area contributed by atoms with Gasteiger partial charge in [-0.3, -0.25) is 14.4 Å². The molecule has 0 bridgehead atoms. The first kappa shape index (κ1) is 19.5. The normalized spacial score (nSPS) is 11.5. The lowest BCUT2D eigenvalue weighted by Crippen LogP contribution is -2.39. The Bertz CT molecular complexity index is 796. The molecule has 2 amide bonds. The zero-order valence-corrected chi connectivity index (χ0v) is 14.6. The smallest absolute Gasteiger partial charge is 0.307 e. The number of nitrogens with one attached hydrogen (secondary N) is 2. The molecule has 0 saturated carbocycles. The Kier molecular flexibility index (Phi) is 6.79. The number of thiophene rings is 1. The molecule has 1 unspecified atom stereocenters. The van der Waals surface area contributed by atoms with E-state index < -0.39 is 42.0 Å². The monoisotopic (exact) mass is 382 g/mol. The first-order chi connectivity index (χ1) is 12.4. The maximum atomic E-state index is 13.6. The minimum absolute atomic E-state index is 0.0662. The second kappa shape index (κ2) is 9.04. The van der Waals surface area contributed by atoms with Crippen molar-refractivity contribution in [1.29, 1.82) is 0 Å². The molecule has 2 aromatic rings. The zero-order chi connectivity index (χ0) is 19.1. The number of esters is 1. The van der Waals surface area contributed by atoms with Crippen molar-refractivity contribution in [3.8, 4) is 0 Å². The molecule has 2 N–H and O–H groups in total. The second-order valence-electron chi connectivity index (χ2n) is 5.22. The summed E-state index contributed by atoms with van der Waals surface area (Å²) in [6, 6.07) is 5.44. The van der Waals surface area contributed by atoms with Crippen LogP contribution in [0.15, 0.2) is 35.7 Å². The van der Waals surface area contributed by atoms with Gasteiger partial charge in [-0.15, -0.1) is 11.3 Å². The van der Waals surface area contributed by atoms with Crippen molar-refractivity contribution in [2.75, 3.05) is 13.7 Å². The molecule has 1 aromatic heterocycles. The molecule has 0 saturated heterocycles. The molecular weight excluding hydrogens is 366 g/mol. The van der Waals surface area contributed by atoms with Crippen LogP contribution < -0.4 is 10.6 Å². The molecule has 1 heterocycles. The van der Waals surface area contributed by atoms with Gasteiger partial charge in [0.2, 0.25) is 5.91 Å². The molecule has 2 rings (SSSR count). The summed E-state index contributed by atoms with van der Waals surface area (Å²) in [4.78, 5) is 36.2. The summed E-state index contributed by atoms with van der Waals surface area (Å²) in [7, 11) is 1.24. The van der Waals surface area contributed by atoms with Crippen LogP contribution in [0.3, 0.4) is 0 Å². The maximum absolute atomic E-state index is 13.6. The summed E-state index contributed by atoms with van der Waals surface area (Å²) < 4.78 is 31.0. The van der Waals surface area contributed by atoms with Crippen LogP contribution in [0.25, 0.3) is 0 Å². The number of methoxy groups -OCH3 is 1. The van der Waals surface area contributed by atoms with E-state index in [1.54, 1.807) is 17.5 Å². The zero-order valence-electron chi connectivity index (χ0n) is 13.8. The van der Waals surface area contributed by atoms with Gasteiger partial charge in [-0.25, -0.2) is 8.78 Å². The molecule has 6 nitrogen and oxygen atoms in total. The fourth-order valence-electron chi connectivity index (χ4n) is 2.14. The number of ether oxygens (including phenoxy) is 1. The molecule has 1 atom stereocenters. The summed E-state index contributed by atoms with van der Waals surface area (Å²) in [6.07, 6.45) is -0.0662. The SMILES string of the molecule is COC(=O)CC(NC(=O)CNC(=O)c1ccc(F)cc1F)c1cccs1. The Morgan fingerprint density at radius 1 is 1.23 bits per heavy atom. The Labute approximate surface area is 152 Å². The minimum atomic E-state index is -1.02. The van der Waals surface area contributed by atoms with Gasteiger partial charge in [0.25, 0.3) is 5.91 Å². The van der Waals surface area contributed by atoms with E-state index in [-0.39, 0.29) is 12.0 Å². The topological polar surface area (TPSA) is 84.5 Å². The van der Waals surface area contributed by atoms with Crippen molar-refractivity contribution >= 4 is 29.1 Å². The molecule has 0 spiro atoms. The molecule has 0 fully saturated rings. The van der Waals surface area contributed by atoms with Crippen LogP contribution in [0.1, 0.15) is 27.7 Å². The van der Waals surface area contributed by atoms with E-state index in [0.717, 1.165) is 17.0 Å². The van der Waals surface area contributed by atoms with Crippen molar-refractivity contribution in [3.05, 3.63) is 57.8 Å². The number of carbonyl (C=O) groups is 3. The molecule has 0 radical (unpaired) electrons. The number of amides is 2. The summed E-state index contributed by atoms with van der Waals surface area (Å²) in [6.45, 7) is -0.432. The maximum Gasteiger partial charge on any atom is 0.307 e. The lowest BCUT2D eigenvalue weighted by molar-refractivity contribution is -0.141. The summed E-state index contributed by atoms with van der Waals surface area (Å²) in [5.74, 6) is -3.74. The minimum Gasteiger partial charge on any atom is -0.469 e.